The van der Waals surface area contributed by atoms with Gasteiger partial charge >= 0.3 is 0 Å². The number of aromatic nitrogens is 4. The van der Waals surface area contributed by atoms with Crippen LogP contribution in [0.2, 0.25) is 0 Å². The van der Waals surface area contributed by atoms with E-state index in [1.165, 1.54) is 4.88 Å². The molecule has 0 atom stereocenters. The number of fused-ring (bicyclic) bond motifs is 1. The summed E-state index contributed by atoms with van der Waals surface area (Å²) in [5.41, 5.74) is 4.01. The molecular formula is C24H23N7OS2. The Hall–Kier alpha value is -3.76. The van der Waals surface area contributed by atoms with Gasteiger partial charge in [0.2, 0.25) is 5.95 Å². The predicted molar refractivity (Wildman–Crippen MR) is 139 cm³/mol. The third-order valence-corrected chi connectivity index (χ3v) is 7.39. The number of thiazole rings is 1. The van der Waals surface area contributed by atoms with Gasteiger partial charge in [0.1, 0.15) is 5.69 Å². The van der Waals surface area contributed by atoms with Crippen molar-refractivity contribution in [2.45, 2.75) is 13.3 Å². The van der Waals surface area contributed by atoms with E-state index in [4.69, 9.17) is 0 Å². The van der Waals surface area contributed by atoms with Crippen molar-refractivity contribution in [3.05, 3.63) is 70.3 Å². The summed E-state index contributed by atoms with van der Waals surface area (Å²) in [6, 6.07) is 13.7. The van der Waals surface area contributed by atoms with E-state index in [9.17, 15) is 4.79 Å². The van der Waals surface area contributed by atoms with E-state index in [-0.39, 0.29) is 5.91 Å². The quantitative estimate of drug-likeness (QED) is 0.238. The first-order valence-corrected chi connectivity index (χ1v) is 12.5. The molecule has 0 aliphatic heterocycles. The summed E-state index contributed by atoms with van der Waals surface area (Å²) in [4.78, 5) is 31.5. The number of rotatable bonds is 8. The van der Waals surface area contributed by atoms with Crippen LogP contribution in [0.3, 0.4) is 0 Å². The van der Waals surface area contributed by atoms with Gasteiger partial charge in [-0.05, 0) is 55.1 Å². The Morgan fingerprint density at radius 3 is 2.85 bits per heavy atom. The van der Waals surface area contributed by atoms with Crippen molar-refractivity contribution < 1.29 is 4.79 Å². The molecular weight excluding hydrogens is 466 g/mol. The van der Waals surface area contributed by atoms with Crippen LogP contribution in [-0.4, -0.2) is 39.4 Å². The first kappa shape index (κ1) is 22.1. The molecule has 1 aromatic carbocycles. The van der Waals surface area contributed by atoms with E-state index in [1.54, 1.807) is 28.9 Å². The average Bonchev–Trinajstić information content (AvgIpc) is 3.58. The molecule has 0 radical (unpaired) electrons. The first-order chi connectivity index (χ1) is 16.6. The van der Waals surface area contributed by atoms with Crippen LogP contribution < -0.4 is 16.0 Å². The molecule has 0 aliphatic rings. The third-order valence-electron chi connectivity index (χ3n) is 5.26. The van der Waals surface area contributed by atoms with Crippen LogP contribution >= 0.6 is 22.7 Å². The van der Waals surface area contributed by atoms with Crippen molar-refractivity contribution in [2.24, 2.45) is 0 Å². The van der Waals surface area contributed by atoms with Gasteiger partial charge in [-0.25, -0.2) is 15.0 Å². The fraction of sp³-hybridized carbons (Fsp3) is 0.167. The lowest BCUT2D eigenvalue weighted by Crippen LogP contribution is -2.25. The van der Waals surface area contributed by atoms with Gasteiger partial charge in [-0.3, -0.25) is 4.79 Å². The number of carbonyl (C=O) groups is 1. The second-order valence-electron chi connectivity index (χ2n) is 7.64. The molecule has 0 bridgehead atoms. The number of nitrogens with one attached hydrogen (secondary N) is 4. The van der Waals surface area contributed by atoms with E-state index in [0.29, 0.717) is 18.2 Å². The molecule has 4 N–H and O–H groups in total. The summed E-state index contributed by atoms with van der Waals surface area (Å²) < 4.78 is 0. The minimum Gasteiger partial charge on any atom is -0.365 e. The molecule has 0 saturated heterocycles. The number of benzene rings is 1. The van der Waals surface area contributed by atoms with Crippen LogP contribution in [0.5, 0.6) is 0 Å². The highest BCUT2D eigenvalue weighted by Crippen LogP contribution is 2.32. The number of thiophene rings is 1. The van der Waals surface area contributed by atoms with Crippen LogP contribution in [0.4, 0.5) is 16.8 Å². The largest absolute Gasteiger partial charge is 0.365 e. The number of anilines is 3. The number of H-pyrrole nitrogens is 1. The molecule has 5 rings (SSSR count). The number of hydrogen-bond acceptors (Lipinski definition) is 8. The number of nitrogens with zero attached hydrogens (tertiary/aromatic N) is 3. The Kier molecular flexibility index (Phi) is 6.24. The van der Waals surface area contributed by atoms with Crippen LogP contribution in [0.1, 0.15) is 21.1 Å². The van der Waals surface area contributed by atoms with Crippen molar-refractivity contribution in [1.82, 2.24) is 25.3 Å². The lowest BCUT2D eigenvalue weighted by atomic mass is 10.2. The van der Waals surface area contributed by atoms with Crippen molar-refractivity contribution in [1.29, 1.82) is 0 Å². The Bertz CT molecular complexity index is 1440. The van der Waals surface area contributed by atoms with Gasteiger partial charge in [0.25, 0.3) is 5.91 Å². The van der Waals surface area contributed by atoms with E-state index in [2.05, 4.69) is 42.0 Å². The molecule has 34 heavy (non-hydrogen) atoms. The number of aromatic amines is 1. The lowest BCUT2D eigenvalue weighted by Gasteiger charge is -2.06. The van der Waals surface area contributed by atoms with Crippen molar-refractivity contribution in [3.8, 4) is 10.6 Å². The van der Waals surface area contributed by atoms with E-state index in [0.717, 1.165) is 44.4 Å². The summed E-state index contributed by atoms with van der Waals surface area (Å²) in [5, 5.41) is 13.1. The highest BCUT2D eigenvalue weighted by Gasteiger charge is 2.13. The molecule has 0 spiro atoms. The molecule has 172 valence electrons. The summed E-state index contributed by atoms with van der Waals surface area (Å²) in [7, 11) is 1.85. The minimum absolute atomic E-state index is 0.112. The van der Waals surface area contributed by atoms with Crippen molar-refractivity contribution in [2.75, 3.05) is 24.2 Å². The minimum atomic E-state index is -0.112. The Morgan fingerprint density at radius 1 is 1.15 bits per heavy atom. The van der Waals surface area contributed by atoms with Gasteiger partial charge in [0.05, 0.1) is 16.3 Å². The molecule has 0 fully saturated rings. The van der Waals surface area contributed by atoms with Gasteiger partial charge in [-0.15, -0.1) is 11.3 Å². The smallest absolute Gasteiger partial charge is 0.267 e. The molecule has 0 aliphatic carbocycles. The number of hydrogen-bond donors (Lipinski definition) is 4. The van der Waals surface area contributed by atoms with Gasteiger partial charge in [-0.1, -0.05) is 17.4 Å². The maximum atomic E-state index is 12.6. The van der Waals surface area contributed by atoms with Crippen molar-refractivity contribution in [3.63, 3.8) is 0 Å². The van der Waals surface area contributed by atoms with Gasteiger partial charge in [0.15, 0.2) is 5.13 Å². The molecule has 4 aromatic heterocycles. The summed E-state index contributed by atoms with van der Waals surface area (Å²) in [6.07, 6.45) is 2.56. The first-order valence-electron chi connectivity index (χ1n) is 10.8. The van der Waals surface area contributed by atoms with Gasteiger partial charge in [-0.2, -0.15) is 0 Å². The van der Waals surface area contributed by atoms with E-state index >= 15 is 0 Å². The Morgan fingerprint density at radius 2 is 2.06 bits per heavy atom. The van der Waals surface area contributed by atoms with E-state index in [1.807, 2.05) is 55.7 Å². The van der Waals surface area contributed by atoms with Gasteiger partial charge in [0, 0.05) is 41.3 Å². The Balaban J connectivity index is 1.29. The maximum Gasteiger partial charge on any atom is 0.267 e. The van der Waals surface area contributed by atoms with Crippen LogP contribution in [0.25, 0.3) is 21.5 Å². The second kappa shape index (κ2) is 9.62. The number of aryl methyl sites for hydroxylation is 1. The third kappa shape index (κ3) is 4.78. The standard InChI is InChI=1S/C24H23N7OS2/c1-14-21(34-24(25-2)28-14)19-8-10-27-23(31-19)29-16-5-6-18-15(12-16)13-20(30-18)22(32)26-9-7-17-4-3-11-33-17/h3-6,8,10-13,30H,7,9H2,1-2H3,(H,25,28)(H,26,32)(H,27,29,31). The topological polar surface area (TPSA) is 108 Å². The highest BCUT2D eigenvalue weighted by molar-refractivity contribution is 7.19. The molecule has 5 aromatic rings. The molecule has 1 amide bonds. The summed E-state index contributed by atoms with van der Waals surface area (Å²) in [5.74, 6) is 0.386. The van der Waals surface area contributed by atoms with E-state index < -0.39 is 0 Å². The molecule has 4 heterocycles. The highest BCUT2D eigenvalue weighted by atomic mass is 32.1. The van der Waals surface area contributed by atoms with Crippen LogP contribution in [0, 0.1) is 6.92 Å². The zero-order valence-corrected chi connectivity index (χ0v) is 20.3. The zero-order chi connectivity index (χ0) is 23.5. The summed E-state index contributed by atoms with van der Waals surface area (Å²) >= 11 is 3.25. The molecule has 10 heteroatoms. The molecule has 8 nitrogen and oxygen atoms in total. The average molecular weight is 490 g/mol. The monoisotopic (exact) mass is 489 g/mol. The normalized spacial score (nSPS) is 11.0. The number of amides is 1. The molecule has 0 unspecified atom stereocenters. The lowest BCUT2D eigenvalue weighted by molar-refractivity contribution is 0.0950. The molecule has 0 saturated carbocycles. The fourth-order valence-electron chi connectivity index (χ4n) is 3.60. The maximum absolute atomic E-state index is 12.6. The zero-order valence-electron chi connectivity index (χ0n) is 18.7. The van der Waals surface area contributed by atoms with Crippen molar-refractivity contribution >= 4 is 56.3 Å². The second-order valence-corrected chi connectivity index (χ2v) is 9.68. The SMILES string of the molecule is CNc1nc(C)c(-c2ccnc(Nc3ccc4[nH]c(C(=O)NCCc5cccs5)cc4c3)n2)s1. The fourth-order valence-corrected chi connectivity index (χ4v) is 5.20. The van der Waals surface area contributed by atoms with Crippen LogP contribution in [0.15, 0.2) is 54.0 Å². The summed E-state index contributed by atoms with van der Waals surface area (Å²) in [6.45, 7) is 2.57. The Labute approximate surface area is 204 Å². The number of carbonyl (C=O) groups excluding carboxylic acids is 1. The van der Waals surface area contributed by atoms with Crippen LogP contribution in [-0.2, 0) is 6.42 Å². The van der Waals surface area contributed by atoms with Gasteiger partial charge < -0.3 is 20.9 Å². The predicted octanol–water partition coefficient (Wildman–Crippen LogP) is 5.21.